The third-order valence-corrected chi connectivity index (χ3v) is 4.51. The van der Waals surface area contributed by atoms with Crippen molar-refractivity contribution in [3.05, 3.63) is 53.7 Å². The summed E-state index contributed by atoms with van der Waals surface area (Å²) < 4.78 is 29.4. The Balaban J connectivity index is 1.91. The van der Waals surface area contributed by atoms with Gasteiger partial charge in [0.15, 0.2) is 0 Å². The number of rotatable bonds is 3. The summed E-state index contributed by atoms with van der Waals surface area (Å²) in [6, 6.07) is 7.65. The Kier molecular flexibility index (Phi) is 2.94. The zero-order valence-corrected chi connectivity index (χ0v) is 11.2. The van der Waals surface area contributed by atoms with Gasteiger partial charge >= 0.3 is 0 Å². The summed E-state index contributed by atoms with van der Waals surface area (Å²) in [5, 5.41) is 10.7. The van der Waals surface area contributed by atoms with Gasteiger partial charge in [-0.3, -0.25) is 4.98 Å². The molecule has 20 heavy (non-hydrogen) atoms. The Labute approximate surface area is 116 Å². The van der Waals surface area contributed by atoms with Crippen molar-refractivity contribution in [2.75, 3.05) is 6.61 Å². The van der Waals surface area contributed by atoms with Crippen LogP contribution in [-0.4, -0.2) is 25.1 Å². The Morgan fingerprint density at radius 2 is 2.10 bits per heavy atom. The lowest BCUT2D eigenvalue weighted by molar-refractivity contribution is 0.368. The zero-order chi connectivity index (χ0) is 14.2. The van der Waals surface area contributed by atoms with E-state index in [1.807, 2.05) is 0 Å². The second-order valence-corrected chi connectivity index (χ2v) is 6.11. The highest BCUT2D eigenvalue weighted by Crippen LogP contribution is 2.35. The first-order valence-electron chi connectivity index (χ1n) is 5.88. The molecule has 6 heteroatoms. The van der Waals surface area contributed by atoms with Gasteiger partial charge in [0.2, 0.25) is 9.84 Å². The van der Waals surface area contributed by atoms with Crippen LogP contribution in [0.1, 0.15) is 5.56 Å². The molecule has 1 N–H and O–H groups in total. The maximum absolute atomic E-state index is 12.0. The average molecular weight is 289 g/mol. The van der Waals surface area contributed by atoms with E-state index in [0.29, 0.717) is 16.9 Å². The molecule has 0 saturated carbocycles. The number of hydrogen-bond donors (Lipinski definition) is 1. The normalized spacial score (nSPS) is 15.5. The van der Waals surface area contributed by atoms with Crippen LogP contribution in [0, 0.1) is 0 Å². The molecule has 0 radical (unpaired) electrons. The lowest BCUT2D eigenvalue weighted by Gasteiger charge is -2.07. The molecular formula is C14H11NO4S. The van der Waals surface area contributed by atoms with Gasteiger partial charge in [0, 0.05) is 22.7 Å². The SMILES string of the molecule is O=S1(=O)C=C(COc2cccnc2)c2cc(O)ccc21. The molecular weight excluding hydrogens is 278 g/mol. The molecule has 1 aromatic heterocycles. The molecule has 5 nitrogen and oxygen atoms in total. The van der Waals surface area contributed by atoms with Crippen LogP contribution in [0.15, 0.2) is 53.0 Å². The summed E-state index contributed by atoms with van der Waals surface area (Å²) in [6.45, 7) is 0.0986. The smallest absolute Gasteiger partial charge is 0.200 e. The molecule has 2 aromatic rings. The van der Waals surface area contributed by atoms with Crippen LogP contribution >= 0.6 is 0 Å². The molecule has 0 unspecified atom stereocenters. The van der Waals surface area contributed by atoms with Crippen molar-refractivity contribution < 1.29 is 18.3 Å². The number of aromatic hydroxyl groups is 1. The summed E-state index contributed by atoms with van der Waals surface area (Å²) in [4.78, 5) is 4.11. The minimum Gasteiger partial charge on any atom is -0.508 e. The van der Waals surface area contributed by atoms with Crippen molar-refractivity contribution in [2.24, 2.45) is 0 Å². The van der Waals surface area contributed by atoms with Crippen LogP contribution < -0.4 is 4.74 Å². The molecule has 0 amide bonds. The summed E-state index contributed by atoms with van der Waals surface area (Å²) in [7, 11) is -3.44. The summed E-state index contributed by atoms with van der Waals surface area (Å²) in [5.41, 5.74) is 0.994. The molecule has 102 valence electrons. The largest absolute Gasteiger partial charge is 0.508 e. The number of phenolic OH excluding ortho intramolecular Hbond substituents is 1. The number of nitrogens with zero attached hydrogens (tertiary/aromatic N) is 1. The molecule has 2 heterocycles. The number of ether oxygens (including phenoxy) is 1. The van der Waals surface area contributed by atoms with Gasteiger partial charge in [-0.25, -0.2) is 8.42 Å². The first-order valence-corrected chi connectivity index (χ1v) is 7.43. The Morgan fingerprint density at radius 3 is 2.85 bits per heavy atom. The van der Waals surface area contributed by atoms with E-state index in [0.717, 1.165) is 0 Å². The van der Waals surface area contributed by atoms with E-state index in [9.17, 15) is 13.5 Å². The van der Waals surface area contributed by atoms with E-state index < -0.39 is 9.84 Å². The van der Waals surface area contributed by atoms with E-state index in [4.69, 9.17) is 4.74 Å². The highest BCUT2D eigenvalue weighted by molar-refractivity contribution is 7.95. The molecule has 0 atom stereocenters. The standard InChI is InChI=1S/C14H11NO4S/c16-11-3-4-14-13(6-11)10(9-20(14,17)18)8-19-12-2-1-5-15-7-12/h1-7,9,16H,8H2. The predicted molar refractivity (Wildman–Crippen MR) is 73.0 cm³/mol. The van der Waals surface area contributed by atoms with Crippen LogP contribution in [0.25, 0.3) is 5.57 Å². The quantitative estimate of drug-likeness (QED) is 0.935. The monoisotopic (exact) mass is 289 g/mol. The number of pyridine rings is 1. The second-order valence-electron chi connectivity index (χ2n) is 4.35. The third-order valence-electron chi connectivity index (χ3n) is 2.94. The van der Waals surface area contributed by atoms with E-state index in [1.54, 1.807) is 24.5 Å². The minimum atomic E-state index is -3.44. The molecule has 1 aliphatic heterocycles. The van der Waals surface area contributed by atoms with Gasteiger partial charge in [-0.15, -0.1) is 0 Å². The van der Waals surface area contributed by atoms with Crippen LogP contribution in [-0.2, 0) is 9.84 Å². The highest BCUT2D eigenvalue weighted by Gasteiger charge is 2.27. The zero-order valence-electron chi connectivity index (χ0n) is 10.4. The number of phenols is 1. The number of aromatic nitrogens is 1. The third kappa shape index (κ3) is 2.25. The Bertz CT molecular complexity index is 782. The molecule has 0 aliphatic carbocycles. The van der Waals surface area contributed by atoms with Crippen molar-refractivity contribution >= 4 is 15.4 Å². The van der Waals surface area contributed by atoms with E-state index in [2.05, 4.69) is 4.98 Å². The maximum Gasteiger partial charge on any atom is 0.200 e. The predicted octanol–water partition coefficient (Wildman–Crippen LogP) is 1.99. The van der Waals surface area contributed by atoms with Gasteiger partial charge in [0.1, 0.15) is 18.1 Å². The molecule has 0 spiro atoms. The average Bonchev–Trinajstić information content (AvgIpc) is 2.68. The van der Waals surface area contributed by atoms with Crippen LogP contribution in [0.3, 0.4) is 0 Å². The summed E-state index contributed by atoms with van der Waals surface area (Å²) in [6.07, 6.45) is 3.17. The van der Waals surface area contributed by atoms with Crippen molar-refractivity contribution in [3.8, 4) is 11.5 Å². The van der Waals surface area contributed by atoms with Gasteiger partial charge in [0.25, 0.3) is 0 Å². The number of hydrogen-bond acceptors (Lipinski definition) is 5. The van der Waals surface area contributed by atoms with Gasteiger partial charge in [-0.05, 0) is 30.3 Å². The lowest BCUT2D eigenvalue weighted by Crippen LogP contribution is -1.99. The lowest BCUT2D eigenvalue weighted by atomic mass is 10.1. The molecule has 0 bridgehead atoms. The van der Waals surface area contributed by atoms with Crippen molar-refractivity contribution in [3.63, 3.8) is 0 Å². The van der Waals surface area contributed by atoms with Crippen LogP contribution in [0.4, 0.5) is 0 Å². The molecule has 1 aromatic carbocycles. The van der Waals surface area contributed by atoms with Gasteiger partial charge < -0.3 is 9.84 Å². The van der Waals surface area contributed by atoms with Gasteiger partial charge in [0.05, 0.1) is 11.1 Å². The van der Waals surface area contributed by atoms with Gasteiger partial charge in [-0.1, -0.05) is 0 Å². The highest BCUT2D eigenvalue weighted by atomic mass is 32.2. The number of sulfone groups is 1. The minimum absolute atomic E-state index is 0.0214. The topological polar surface area (TPSA) is 76.5 Å². The molecule has 0 saturated heterocycles. The van der Waals surface area contributed by atoms with Crippen molar-refractivity contribution in [1.29, 1.82) is 0 Å². The molecule has 1 aliphatic rings. The van der Waals surface area contributed by atoms with Crippen LogP contribution in [0.2, 0.25) is 0 Å². The van der Waals surface area contributed by atoms with Crippen molar-refractivity contribution in [2.45, 2.75) is 4.90 Å². The van der Waals surface area contributed by atoms with Crippen molar-refractivity contribution in [1.82, 2.24) is 4.98 Å². The fourth-order valence-electron chi connectivity index (χ4n) is 2.04. The van der Waals surface area contributed by atoms with Gasteiger partial charge in [-0.2, -0.15) is 0 Å². The Hall–Kier alpha value is -2.34. The number of fused-ring (bicyclic) bond motifs is 1. The van der Waals surface area contributed by atoms with E-state index in [-0.39, 0.29) is 17.3 Å². The Morgan fingerprint density at radius 1 is 1.25 bits per heavy atom. The summed E-state index contributed by atoms with van der Waals surface area (Å²) in [5.74, 6) is 0.576. The van der Waals surface area contributed by atoms with Crippen LogP contribution in [0.5, 0.6) is 11.5 Å². The first kappa shape index (κ1) is 12.7. The molecule has 3 rings (SSSR count). The fourth-order valence-corrected chi connectivity index (χ4v) is 3.49. The van der Waals surface area contributed by atoms with E-state index >= 15 is 0 Å². The second kappa shape index (κ2) is 4.64. The molecule has 0 fully saturated rings. The fraction of sp³-hybridized carbons (Fsp3) is 0.0714. The van der Waals surface area contributed by atoms with E-state index in [1.165, 1.54) is 23.6 Å². The number of benzene rings is 1. The first-order chi connectivity index (χ1) is 9.56. The summed E-state index contributed by atoms with van der Waals surface area (Å²) >= 11 is 0. The maximum atomic E-state index is 12.0.